The number of nitrogens with zero attached hydrogens (tertiary/aromatic N) is 1. The molecule has 0 aromatic carbocycles. The SMILES string of the molecule is C=C(C(=O)OC)[C@@H]1[C@@H](OC)NC(=O)c2cc(Br)c(Br)n21. The van der Waals surface area contributed by atoms with Crippen LogP contribution >= 0.6 is 31.9 Å². The molecule has 0 bridgehead atoms. The van der Waals surface area contributed by atoms with Crippen LogP contribution in [0.25, 0.3) is 0 Å². The van der Waals surface area contributed by atoms with Gasteiger partial charge in [0.25, 0.3) is 5.91 Å². The van der Waals surface area contributed by atoms with E-state index in [2.05, 4.69) is 43.8 Å². The van der Waals surface area contributed by atoms with Crippen LogP contribution in [0.1, 0.15) is 16.5 Å². The van der Waals surface area contributed by atoms with E-state index in [4.69, 9.17) is 9.47 Å². The van der Waals surface area contributed by atoms with Gasteiger partial charge in [-0.1, -0.05) is 6.58 Å². The average molecular weight is 408 g/mol. The molecule has 20 heavy (non-hydrogen) atoms. The number of hydrogen-bond acceptors (Lipinski definition) is 4. The van der Waals surface area contributed by atoms with Gasteiger partial charge in [0, 0.05) is 7.11 Å². The summed E-state index contributed by atoms with van der Waals surface area (Å²) in [6.07, 6.45) is -0.711. The lowest BCUT2D eigenvalue weighted by Gasteiger charge is -2.34. The number of hydrogen-bond donors (Lipinski definition) is 1. The minimum atomic E-state index is -0.711. The normalized spacial score (nSPS) is 21.1. The highest BCUT2D eigenvalue weighted by Crippen LogP contribution is 2.37. The van der Waals surface area contributed by atoms with Crippen LogP contribution in [0.5, 0.6) is 0 Å². The first-order valence-corrected chi connectivity index (χ1v) is 7.18. The zero-order chi connectivity index (χ0) is 15.0. The lowest BCUT2D eigenvalue weighted by molar-refractivity contribution is -0.137. The largest absolute Gasteiger partial charge is 0.466 e. The van der Waals surface area contributed by atoms with Crippen molar-refractivity contribution >= 4 is 43.7 Å². The van der Waals surface area contributed by atoms with Crippen LogP contribution < -0.4 is 5.32 Å². The number of nitrogens with one attached hydrogen (secondary N) is 1. The van der Waals surface area contributed by atoms with Gasteiger partial charge in [-0.15, -0.1) is 0 Å². The fraction of sp³-hybridized carbons (Fsp3) is 0.333. The van der Waals surface area contributed by atoms with Crippen molar-refractivity contribution in [1.29, 1.82) is 0 Å². The molecule has 0 spiro atoms. The number of halogens is 2. The fourth-order valence-electron chi connectivity index (χ4n) is 2.11. The van der Waals surface area contributed by atoms with Crippen molar-refractivity contribution in [2.24, 2.45) is 0 Å². The summed E-state index contributed by atoms with van der Waals surface area (Å²) in [5, 5.41) is 2.68. The summed E-state index contributed by atoms with van der Waals surface area (Å²) >= 11 is 6.73. The van der Waals surface area contributed by atoms with Gasteiger partial charge in [-0.25, -0.2) is 4.79 Å². The second-order valence-electron chi connectivity index (χ2n) is 4.13. The standard InChI is InChI=1S/C12H12Br2N2O4/c1-5(12(18)20-3)8-11(19-2)15-10(17)7-4-6(13)9(14)16(7)8/h4,8,11H,1H2,2-3H3,(H,15,17)/t8-,11-/m1/s1. The van der Waals surface area contributed by atoms with Crippen LogP contribution in [0.15, 0.2) is 27.3 Å². The molecule has 0 aliphatic carbocycles. The first-order chi connectivity index (χ1) is 9.42. The van der Waals surface area contributed by atoms with Crippen LogP contribution in [0.4, 0.5) is 0 Å². The molecule has 8 heteroatoms. The van der Waals surface area contributed by atoms with Crippen molar-refractivity contribution in [3.05, 3.63) is 33.0 Å². The van der Waals surface area contributed by atoms with Gasteiger partial charge in [0.1, 0.15) is 16.3 Å². The van der Waals surface area contributed by atoms with Crippen LogP contribution in [0.3, 0.4) is 0 Å². The van der Waals surface area contributed by atoms with Crippen molar-refractivity contribution < 1.29 is 19.1 Å². The van der Waals surface area contributed by atoms with Crippen molar-refractivity contribution in [2.75, 3.05) is 14.2 Å². The van der Waals surface area contributed by atoms with Crippen LogP contribution in [-0.2, 0) is 14.3 Å². The van der Waals surface area contributed by atoms with E-state index in [9.17, 15) is 9.59 Å². The maximum absolute atomic E-state index is 12.0. The van der Waals surface area contributed by atoms with Crippen LogP contribution in [0, 0.1) is 0 Å². The monoisotopic (exact) mass is 406 g/mol. The van der Waals surface area contributed by atoms with E-state index in [0.29, 0.717) is 14.8 Å². The molecule has 0 radical (unpaired) electrons. The van der Waals surface area contributed by atoms with E-state index < -0.39 is 18.2 Å². The Bertz CT molecular complexity index is 597. The Morgan fingerprint density at radius 3 is 2.65 bits per heavy atom. The summed E-state index contributed by atoms with van der Waals surface area (Å²) in [7, 11) is 2.72. The van der Waals surface area contributed by atoms with E-state index in [1.807, 2.05) is 0 Å². The third-order valence-corrected chi connectivity index (χ3v) is 5.01. The number of carbonyl (C=O) groups is 2. The summed E-state index contributed by atoms with van der Waals surface area (Å²) in [4.78, 5) is 23.8. The molecule has 1 amide bonds. The van der Waals surface area contributed by atoms with E-state index in [1.165, 1.54) is 14.2 Å². The zero-order valence-corrected chi connectivity index (χ0v) is 13.9. The van der Waals surface area contributed by atoms with Crippen molar-refractivity contribution in [3.8, 4) is 0 Å². The van der Waals surface area contributed by atoms with E-state index in [0.717, 1.165) is 0 Å². The van der Waals surface area contributed by atoms with Gasteiger partial charge < -0.3 is 19.4 Å². The molecule has 1 N–H and O–H groups in total. The van der Waals surface area contributed by atoms with Gasteiger partial charge in [0.15, 0.2) is 6.23 Å². The molecule has 108 valence electrons. The first-order valence-electron chi connectivity index (χ1n) is 5.59. The van der Waals surface area contributed by atoms with Gasteiger partial charge in [-0.3, -0.25) is 4.79 Å². The van der Waals surface area contributed by atoms with Crippen LogP contribution in [-0.4, -0.2) is 36.9 Å². The summed E-state index contributed by atoms with van der Waals surface area (Å²) < 4.78 is 12.9. The predicted molar refractivity (Wildman–Crippen MR) is 78.3 cm³/mol. The molecule has 2 atom stereocenters. The number of ether oxygens (including phenoxy) is 2. The van der Waals surface area contributed by atoms with Crippen LogP contribution in [0.2, 0.25) is 0 Å². The van der Waals surface area contributed by atoms with E-state index in [-0.39, 0.29) is 11.5 Å². The number of methoxy groups -OCH3 is 2. The Kier molecular flexibility index (Phi) is 4.36. The predicted octanol–water partition coefficient (Wildman–Crippen LogP) is 2.00. The molecule has 2 heterocycles. The van der Waals surface area contributed by atoms with Crippen molar-refractivity contribution in [3.63, 3.8) is 0 Å². The van der Waals surface area contributed by atoms with Gasteiger partial charge in [-0.2, -0.15) is 0 Å². The molecule has 1 aliphatic rings. The van der Waals surface area contributed by atoms with Gasteiger partial charge >= 0.3 is 5.97 Å². The molecule has 2 rings (SSSR count). The lowest BCUT2D eigenvalue weighted by atomic mass is 10.0. The number of carbonyl (C=O) groups excluding carboxylic acids is 2. The Hall–Kier alpha value is -1.12. The molecule has 0 unspecified atom stereocenters. The highest BCUT2D eigenvalue weighted by molar-refractivity contribution is 9.13. The van der Waals surface area contributed by atoms with Gasteiger partial charge in [0.05, 0.1) is 17.2 Å². The third kappa shape index (κ3) is 2.32. The average Bonchev–Trinajstić information content (AvgIpc) is 2.74. The molecule has 1 aromatic heterocycles. The van der Waals surface area contributed by atoms with E-state index in [1.54, 1.807) is 10.6 Å². The number of aromatic nitrogens is 1. The molecule has 6 nitrogen and oxygen atoms in total. The smallest absolute Gasteiger partial charge is 0.335 e. The second kappa shape index (κ2) is 5.71. The first kappa shape index (κ1) is 15.3. The Labute approximate surface area is 132 Å². The number of rotatable bonds is 3. The summed E-state index contributed by atoms with van der Waals surface area (Å²) in [6.45, 7) is 3.76. The summed E-state index contributed by atoms with van der Waals surface area (Å²) in [5.41, 5.74) is 0.580. The Morgan fingerprint density at radius 1 is 1.45 bits per heavy atom. The lowest BCUT2D eigenvalue weighted by Crippen LogP contribution is -2.49. The fourth-order valence-corrected chi connectivity index (χ4v) is 3.05. The topological polar surface area (TPSA) is 69.6 Å². The number of amides is 1. The molecule has 0 saturated heterocycles. The van der Waals surface area contributed by atoms with Crippen molar-refractivity contribution in [1.82, 2.24) is 9.88 Å². The second-order valence-corrected chi connectivity index (χ2v) is 5.74. The van der Waals surface area contributed by atoms with E-state index >= 15 is 0 Å². The molecule has 1 aromatic rings. The molecule has 0 saturated carbocycles. The van der Waals surface area contributed by atoms with Gasteiger partial charge in [-0.05, 0) is 37.9 Å². The zero-order valence-electron chi connectivity index (χ0n) is 10.8. The third-order valence-electron chi connectivity index (χ3n) is 3.06. The Balaban J connectivity index is 2.58. The maximum atomic E-state index is 12.0. The number of fused-ring (bicyclic) bond motifs is 1. The highest BCUT2D eigenvalue weighted by Gasteiger charge is 2.39. The highest BCUT2D eigenvalue weighted by atomic mass is 79.9. The van der Waals surface area contributed by atoms with Gasteiger partial charge in [0.2, 0.25) is 0 Å². The quantitative estimate of drug-likeness (QED) is 0.614. The minimum absolute atomic E-state index is 0.185. The summed E-state index contributed by atoms with van der Waals surface area (Å²) in [6, 6.07) is 1.06. The van der Waals surface area contributed by atoms with Crippen molar-refractivity contribution in [2.45, 2.75) is 12.3 Å². The molecule has 0 fully saturated rings. The molecular weight excluding hydrogens is 396 g/mol. The maximum Gasteiger partial charge on any atom is 0.335 e. The summed E-state index contributed by atoms with van der Waals surface area (Å²) in [5.74, 6) is -0.854. The minimum Gasteiger partial charge on any atom is -0.466 e. The number of esters is 1. The molecule has 1 aliphatic heterocycles. The molecular formula is C12H12Br2N2O4. The Morgan fingerprint density at radius 2 is 2.10 bits per heavy atom.